The van der Waals surface area contributed by atoms with Gasteiger partial charge in [-0.1, -0.05) is 63.1 Å². The topological polar surface area (TPSA) is 76.2 Å². The van der Waals surface area contributed by atoms with Crippen LogP contribution in [0.25, 0.3) is 33.3 Å². The second-order valence-electron chi connectivity index (χ2n) is 11.0. The first-order chi connectivity index (χ1) is 19.4. The first-order valence-electron chi connectivity index (χ1n) is 15.1. The molecule has 1 aliphatic carbocycles. The Bertz CT molecular complexity index is 1540. The van der Waals surface area contributed by atoms with Crippen molar-refractivity contribution in [1.82, 2.24) is 9.97 Å². The molecule has 1 saturated carbocycles. The molecular weight excluding hydrogens is 665 g/mol. The Morgan fingerprint density at radius 3 is 2.56 bits per heavy atom. The van der Waals surface area contributed by atoms with Gasteiger partial charge in [0.2, 0.25) is 5.71 Å². The third kappa shape index (κ3) is 8.09. The molecule has 3 aromatic heterocycles. The van der Waals surface area contributed by atoms with E-state index < -0.39 is 6.85 Å². The first kappa shape index (κ1) is 26.4. The molecule has 209 valence electrons. The number of rotatable bonds is 7. The van der Waals surface area contributed by atoms with E-state index in [4.69, 9.17) is 8.53 Å². The molecule has 1 fully saturated rings. The van der Waals surface area contributed by atoms with Crippen LogP contribution in [0.1, 0.15) is 87.5 Å². The molecule has 0 atom stereocenters. The molecule has 1 aromatic carbocycles. The van der Waals surface area contributed by atoms with Gasteiger partial charge in [0.25, 0.3) is 0 Å². The number of allylic oxidation sites excluding steroid dienone is 2. The Balaban J connectivity index is 0.000000297. The zero-order valence-electron chi connectivity index (χ0n) is 26.1. The second kappa shape index (κ2) is 14.0. The van der Waals surface area contributed by atoms with Gasteiger partial charge in [-0.2, -0.15) is 0 Å². The van der Waals surface area contributed by atoms with Crippen molar-refractivity contribution in [3.63, 3.8) is 0 Å². The monoisotopic (exact) mass is 707 g/mol. The van der Waals surface area contributed by atoms with Gasteiger partial charge in [0.05, 0.1) is 11.3 Å². The number of aryl methyl sites for hydroxylation is 1. The molecular formula is C33H39IrN2O3-. The summed E-state index contributed by atoms with van der Waals surface area (Å²) in [5, 5.41) is 11.0. The van der Waals surface area contributed by atoms with E-state index in [1.165, 1.54) is 37.3 Å². The van der Waals surface area contributed by atoms with Crippen LogP contribution in [0, 0.1) is 24.8 Å². The Kier molecular flexibility index (Phi) is 9.48. The molecule has 0 bridgehead atoms. The molecule has 5 rings (SSSR count). The first-order valence-corrected chi connectivity index (χ1v) is 13.6. The number of ketones is 1. The zero-order chi connectivity index (χ0) is 29.7. The van der Waals surface area contributed by atoms with E-state index in [0.717, 1.165) is 22.0 Å². The summed E-state index contributed by atoms with van der Waals surface area (Å²) in [5.41, 5.74) is 3.92. The van der Waals surface area contributed by atoms with Crippen molar-refractivity contribution < 1.29 is 38.5 Å². The molecule has 39 heavy (non-hydrogen) atoms. The Hall–Kier alpha value is -2.82. The summed E-state index contributed by atoms with van der Waals surface area (Å²) >= 11 is 0. The van der Waals surface area contributed by atoms with Crippen molar-refractivity contribution >= 4 is 27.9 Å². The Morgan fingerprint density at radius 1 is 1.13 bits per heavy atom. The average molecular weight is 707 g/mol. The van der Waals surface area contributed by atoms with Gasteiger partial charge in [0, 0.05) is 60.4 Å². The molecule has 4 aromatic rings. The molecule has 0 spiro atoms. The molecule has 3 heterocycles. The molecule has 1 radical (unpaired) electrons. The Morgan fingerprint density at radius 2 is 1.87 bits per heavy atom. The summed E-state index contributed by atoms with van der Waals surface area (Å²) < 4.78 is 28.7. The largest absolute Gasteiger partial charge is 0.512 e. The number of hydrogen-bond acceptors (Lipinski definition) is 5. The molecule has 0 unspecified atom stereocenters. The number of aliphatic hydroxyl groups is 1. The molecule has 1 N–H and O–H groups in total. The minimum absolute atomic E-state index is 0. The van der Waals surface area contributed by atoms with E-state index >= 15 is 0 Å². The van der Waals surface area contributed by atoms with Gasteiger partial charge in [0.1, 0.15) is 0 Å². The van der Waals surface area contributed by atoms with Crippen LogP contribution in [0.3, 0.4) is 0 Å². The van der Waals surface area contributed by atoms with Crippen LogP contribution in [0.4, 0.5) is 0 Å². The van der Waals surface area contributed by atoms with E-state index in [9.17, 15) is 9.90 Å². The number of carbonyl (C=O) groups excluding carboxylic acids is 1. The van der Waals surface area contributed by atoms with Gasteiger partial charge in [-0.25, -0.2) is 4.98 Å². The van der Waals surface area contributed by atoms with E-state index in [-0.39, 0.29) is 37.3 Å². The summed E-state index contributed by atoms with van der Waals surface area (Å²) in [5.74, 6) is 1.58. The molecule has 0 amide bonds. The summed E-state index contributed by atoms with van der Waals surface area (Å²) in [7, 11) is 0. The third-order valence-electron chi connectivity index (χ3n) is 6.72. The van der Waals surface area contributed by atoms with Crippen molar-refractivity contribution in [2.24, 2.45) is 11.8 Å². The number of nitrogens with zero attached hydrogens (tertiary/aromatic N) is 2. The maximum atomic E-state index is 11.2. The normalized spacial score (nSPS) is 15.5. The minimum Gasteiger partial charge on any atom is -0.512 e. The van der Waals surface area contributed by atoms with Crippen LogP contribution >= 0.6 is 0 Å². The quantitative estimate of drug-likeness (QED) is 0.118. The van der Waals surface area contributed by atoms with Crippen LogP contribution in [-0.4, -0.2) is 20.9 Å². The fourth-order valence-corrected chi connectivity index (χ4v) is 5.03. The molecule has 0 saturated heterocycles. The van der Waals surface area contributed by atoms with Crippen LogP contribution < -0.4 is 0 Å². The third-order valence-corrected chi connectivity index (χ3v) is 6.72. The van der Waals surface area contributed by atoms with Crippen molar-refractivity contribution in [2.45, 2.75) is 79.0 Å². The number of benzene rings is 1. The molecule has 6 heteroatoms. The minimum atomic E-state index is -2.26. The number of fused-ring (bicyclic) bond motifs is 3. The van der Waals surface area contributed by atoms with Crippen LogP contribution in [0.2, 0.25) is 0 Å². The number of aromatic nitrogens is 2. The van der Waals surface area contributed by atoms with Crippen LogP contribution in [0.15, 0.2) is 58.8 Å². The van der Waals surface area contributed by atoms with Gasteiger partial charge < -0.3 is 14.5 Å². The number of aliphatic hydroxyl groups excluding tert-OH is 1. The van der Waals surface area contributed by atoms with Crippen molar-refractivity contribution in [2.75, 3.05) is 0 Å². The smallest absolute Gasteiger partial charge is 0.216 e. The van der Waals surface area contributed by atoms with Crippen molar-refractivity contribution in [3.8, 4) is 11.3 Å². The number of carbonyl (C=O) groups is 1. The van der Waals surface area contributed by atoms with E-state index in [1.807, 2.05) is 46.0 Å². The van der Waals surface area contributed by atoms with E-state index in [0.29, 0.717) is 41.9 Å². The van der Waals surface area contributed by atoms with Gasteiger partial charge in [-0.05, 0) is 61.3 Å². The van der Waals surface area contributed by atoms with Gasteiger partial charge in [-0.15, -0.1) is 18.2 Å². The maximum Gasteiger partial charge on any atom is 0.216 e. The SMILES string of the molecule is CC(C)CC(=O)/C=C(\O)CC(C)C.[2H]C([2H])([2H])c1ccc2c(n1)oc1c(-c3cc(C4CCCC4)ccn3)[c-]ccc12.[Ir]. The number of hydrogen-bond donors (Lipinski definition) is 1. The molecule has 1 aliphatic rings. The van der Waals surface area contributed by atoms with E-state index in [1.54, 1.807) is 12.1 Å². The van der Waals surface area contributed by atoms with Gasteiger partial charge in [-0.3, -0.25) is 4.79 Å². The summed E-state index contributed by atoms with van der Waals surface area (Å²) in [6.07, 6.45) is 9.33. The average Bonchev–Trinajstić information content (AvgIpc) is 3.55. The molecule has 5 nitrogen and oxygen atoms in total. The standard InChI is InChI=1S/C22H19N2O.C11H20O2.Ir/c1-14-9-10-18-17-7-4-8-19(21(17)25-22(18)24-14)20-13-16(11-12-23-20)15-5-2-3-6-15;1-8(2)5-10(12)7-11(13)6-9(3)4;/h4,7,9-13,15H,2-3,5-6H2,1H3;7-9,12H,5-6H2,1-4H3;/q-1;;/b;10-7-;/i1D3;;. The summed E-state index contributed by atoms with van der Waals surface area (Å²) in [6, 6.07) is 14.6. The van der Waals surface area contributed by atoms with Crippen LogP contribution in [0.5, 0.6) is 0 Å². The number of furan rings is 1. The number of pyridine rings is 2. The van der Waals surface area contributed by atoms with E-state index in [2.05, 4.69) is 28.2 Å². The van der Waals surface area contributed by atoms with Gasteiger partial charge >= 0.3 is 0 Å². The van der Waals surface area contributed by atoms with Crippen LogP contribution in [-0.2, 0) is 24.9 Å². The Labute approximate surface area is 249 Å². The fraction of sp³-hybridized carbons (Fsp3) is 0.424. The predicted molar refractivity (Wildman–Crippen MR) is 154 cm³/mol. The van der Waals surface area contributed by atoms with Gasteiger partial charge in [0.15, 0.2) is 5.78 Å². The summed E-state index contributed by atoms with van der Waals surface area (Å²) in [6.45, 7) is 5.74. The second-order valence-corrected chi connectivity index (χ2v) is 11.0. The summed E-state index contributed by atoms with van der Waals surface area (Å²) in [4.78, 5) is 20.0. The van der Waals surface area contributed by atoms with Crippen molar-refractivity contribution in [1.29, 1.82) is 0 Å². The zero-order valence-corrected chi connectivity index (χ0v) is 25.5. The van der Waals surface area contributed by atoms with Crippen molar-refractivity contribution in [3.05, 3.63) is 71.8 Å². The fourth-order valence-electron chi connectivity index (χ4n) is 5.03. The molecule has 0 aliphatic heterocycles. The maximum absolute atomic E-state index is 11.2. The predicted octanol–water partition coefficient (Wildman–Crippen LogP) is 8.90.